The zero-order valence-corrected chi connectivity index (χ0v) is 9.27. The molecule has 1 aromatic rings. The average Bonchev–Trinajstić information content (AvgIpc) is 2.31. The fourth-order valence-corrected chi connectivity index (χ4v) is 1.02. The zero-order chi connectivity index (χ0) is 11.8. The molecular formula is C11H14N2O3. The molecule has 0 aliphatic rings. The topological polar surface area (TPSA) is 59.9 Å². The van der Waals surface area contributed by atoms with Crippen molar-refractivity contribution in [2.45, 2.75) is 6.92 Å². The molecule has 0 fully saturated rings. The van der Waals surface area contributed by atoms with Crippen molar-refractivity contribution in [1.82, 2.24) is 5.43 Å². The quantitative estimate of drug-likeness (QED) is 0.624. The summed E-state index contributed by atoms with van der Waals surface area (Å²) in [6, 6.07) is 7.35. The van der Waals surface area contributed by atoms with Gasteiger partial charge in [-0.15, -0.1) is 0 Å². The smallest absolute Gasteiger partial charge is 0.427 e. The van der Waals surface area contributed by atoms with E-state index in [1.54, 1.807) is 0 Å². The SMILES string of the molecule is CCOc1ccc(/C=N\NC(=O)OC)cc1. The predicted molar refractivity (Wildman–Crippen MR) is 60.7 cm³/mol. The number of hydrogen-bond donors (Lipinski definition) is 1. The molecule has 0 atom stereocenters. The number of rotatable bonds is 4. The molecule has 0 saturated heterocycles. The molecule has 1 rings (SSSR count). The van der Waals surface area contributed by atoms with Crippen LogP contribution in [0, 0.1) is 0 Å². The van der Waals surface area contributed by atoms with Crippen molar-refractivity contribution < 1.29 is 14.3 Å². The van der Waals surface area contributed by atoms with Crippen LogP contribution in [0.2, 0.25) is 0 Å². The van der Waals surface area contributed by atoms with E-state index in [2.05, 4.69) is 15.3 Å². The van der Waals surface area contributed by atoms with Gasteiger partial charge >= 0.3 is 6.09 Å². The highest BCUT2D eigenvalue weighted by atomic mass is 16.5. The summed E-state index contributed by atoms with van der Waals surface area (Å²) < 4.78 is 9.64. The standard InChI is InChI=1S/C11H14N2O3/c1-3-16-10-6-4-9(5-7-10)8-12-13-11(14)15-2/h4-8H,3H2,1-2H3,(H,13,14)/b12-8-. The van der Waals surface area contributed by atoms with Gasteiger partial charge in [0.05, 0.1) is 19.9 Å². The molecule has 0 aromatic heterocycles. The number of amides is 1. The molecule has 0 spiro atoms. The maximum Gasteiger partial charge on any atom is 0.427 e. The van der Waals surface area contributed by atoms with Gasteiger partial charge in [-0.2, -0.15) is 5.10 Å². The maximum atomic E-state index is 10.7. The van der Waals surface area contributed by atoms with E-state index in [9.17, 15) is 4.79 Å². The molecule has 0 saturated carbocycles. The number of carbonyl (C=O) groups excluding carboxylic acids is 1. The van der Waals surface area contributed by atoms with Crippen LogP contribution in [0.15, 0.2) is 29.4 Å². The summed E-state index contributed by atoms with van der Waals surface area (Å²) in [6.07, 6.45) is 0.925. The summed E-state index contributed by atoms with van der Waals surface area (Å²) >= 11 is 0. The minimum Gasteiger partial charge on any atom is -0.494 e. The highest BCUT2D eigenvalue weighted by Gasteiger charge is 1.94. The molecule has 1 aromatic carbocycles. The molecule has 0 radical (unpaired) electrons. The Morgan fingerprint density at radius 2 is 2.12 bits per heavy atom. The Morgan fingerprint density at radius 1 is 1.44 bits per heavy atom. The summed E-state index contributed by atoms with van der Waals surface area (Å²) in [4.78, 5) is 10.7. The molecule has 0 aliphatic carbocycles. The number of nitrogens with zero attached hydrogens (tertiary/aromatic N) is 1. The van der Waals surface area contributed by atoms with Crippen LogP contribution in [0.4, 0.5) is 4.79 Å². The van der Waals surface area contributed by atoms with E-state index in [4.69, 9.17) is 4.74 Å². The van der Waals surface area contributed by atoms with E-state index in [1.165, 1.54) is 13.3 Å². The Morgan fingerprint density at radius 3 is 2.69 bits per heavy atom. The lowest BCUT2D eigenvalue weighted by atomic mass is 10.2. The lowest BCUT2D eigenvalue weighted by Gasteiger charge is -2.02. The first-order valence-corrected chi connectivity index (χ1v) is 4.86. The molecule has 16 heavy (non-hydrogen) atoms. The third-order valence-electron chi connectivity index (χ3n) is 1.75. The van der Waals surface area contributed by atoms with Gasteiger partial charge < -0.3 is 9.47 Å². The minimum absolute atomic E-state index is 0.595. The van der Waals surface area contributed by atoms with Crippen LogP contribution in [0.1, 0.15) is 12.5 Å². The van der Waals surface area contributed by atoms with Crippen molar-refractivity contribution in [1.29, 1.82) is 0 Å². The molecule has 1 amide bonds. The normalized spacial score (nSPS) is 10.1. The van der Waals surface area contributed by atoms with E-state index in [0.29, 0.717) is 6.61 Å². The van der Waals surface area contributed by atoms with Gasteiger partial charge in [-0.1, -0.05) is 0 Å². The number of benzene rings is 1. The fraction of sp³-hybridized carbons (Fsp3) is 0.273. The predicted octanol–water partition coefficient (Wildman–Crippen LogP) is 1.78. The minimum atomic E-state index is -0.595. The summed E-state index contributed by atoms with van der Waals surface area (Å²) in [5.74, 6) is 0.806. The van der Waals surface area contributed by atoms with Gasteiger partial charge in [0.15, 0.2) is 0 Å². The molecule has 0 bridgehead atoms. The number of hydrogen-bond acceptors (Lipinski definition) is 4. The Bertz CT molecular complexity index is 360. The van der Waals surface area contributed by atoms with Gasteiger partial charge in [-0.05, 0) is 36.8 Å². The second-order valence-electron chi connectivity index (χ2n) is 2.86. The maximum absolute atomic E-state index is 10.7. The van der Waals surface area contributed by atoms with Crippen LogP contribution < -0.4 is 10.2 Å². The largest absolute Gasteiger partial charge is 0.494 e. The molecule has 0 heterocycles. The van der Waals surface area contributed by atoms with Crippen LogP contribution in [0.3, 0.4) is 0 Å². The number of nitrogens with one attached hydrogen (secondary N) is 1. The molecule has 86 valence electrons. The summed E-state index contributed by atoms with van der Waals surface area (Å²) in [6.45, 7) is 2.56. The summed E-state index contributed by atoms with van der Waals surface area (Å²) in [7, 11) is 1.28. The number of carbonyl (C=O) groups is 1. The van der Waals surface area contributed by atoms with Gasteiger partial charge in [0.2, 0.25) is 0 Å². The first-order chi connectivity index (χ1) is 7.76. The van der Waals surface area contributed by atoms with Crippen molar-refractivity contribution >= 4 is 12.3 Å². The third-order valence-corrected chi connectivity index (χ3v) is 1.75. The molecular weight excluding hydrogens is 208 g/mol. The lowest BCUT2D eigenvalue weighted by molar-refractivity contribution is 0.171. The van der Waals surface area contributed by atoms with Crippen LogP contribution in [0.5, 0.6) is 5.75 Å². The monoisotopic (exact) mass is 222 g/mol. The van der Waals surface area contributed by atoms with E-state index >= 15 is 0 Å². The molecule has 0 unspecified atom stereocenters. The Labute approximate surface area is 94.1 Å². The first kappa shape index (κ1) is 12.0. The first-order valence-electron chi connectivity index (χ1n) is 4.86. The van der Waals surface area contributed by atoms with Crippen LogP contribution >= 0.6 is 0 Å². The van der Waals surface area contributed by atoms with Crippen molar-refractivity contribution in [3.05, 3.63) is 29.8 Å². The lowest BCUT2D eigenvalue weighted by Crippen LogP contribution is -2.16. The van der Waals surface area contributed by atoms with E-state index in [-0.39, 0.29) is 0 Å². The molecule has 5 nitrogen and oxygen atoms in total. The molecule has 5 heteroatoms. The van der Waals surface area contributed by atoms with Crippen molar-refractivity contribution in [2.24, 2.45) is 5.10 Å². The van der Waals surface area contributed by atoms with Gasteiger partial charge in [0.1, 0.15) is 5.75 Å². The Hall–Kier alpha value is -2.04. The van der Waals surface area contributed by atoms with Crippen molar-refractivity contribution in [3.63, 3.8) is 0 Å². The van der Waals surface area contributed by atoms with Crippen LogP contribution in [0.25, 0.3) is 0 Å². The molecule has 0 aliphatic heterocycles. The van der Waals surface area contributed by atoms with Crippen LogP contribution in [-0.4, -0.2) is 26.0 Å². The molecule has 1 N–H and O–H groups in total. The van der Waals surface area contributed by atoms with E-state index < -0.39 is 6.09 Å². The highest BCUT2D eigenvalue weighted by Crippen LogP contribution is 2.10. The van der Waals surface area contributed by atoms with Gasteiger partial charge in [-0.3, -0.25) is 0 Å². The van der Waals surface area contributed by atoms with E-state index in [1.807, 2.05) is 31.2 Å². The fourth-order valence-electron chi connectivity index (χ4n) is 1.02. The highest BCUT2D eigenvalue weighted by molar-refractivity contribution is 5.80. The van der Waals surface area contributed by atoms with Gasteiger partial charge in [-0.25, -0.2) is 10.2 Å². The zero-order valence-electron chi connectivity index (χ0n) is 9.27. The Balaban J connectivity index is 2.51. The number of methoxy groups -OCH3 is 1. The van der Waals surface area contributed by atoms with Crippen LogP contribution in [-0.2, 0) is 4.74 Å². The number of ether oxygens (including phenoxy) is 2. The summed E-state index contributed by atoms with van der Waals surface area (Å²) in [5, 5.41) is 3.70. The van der Waals surface area contributed by atoms with E-state index in [0.717, 1.165) is 11.3 Å². The Kier molecular flexibility index (Phi) is 4.85. The van der Waals surface area contributed by atoms with Gasteiger partial charge in [0.25, 0.3) is 0 Å². The van der Waals surface area contributed by atoms with Crippen molar-refractivity contribution in [2.75, 3.05) is 13.7 Å². The van der Waals surface area contributed by atoms with Crippen molar-refractivity contribution in [3.8, 4) is 5.75 Å². The summed E-state index contributed by atoms with van der Waals surface area (Å²) in [5.41, 5.74) is 3.06. The second-order valence-corrected chi connectivity index (χ2v) is 2.86. The number of hydrazone groups is 1. The average molecular weight is 222 g/mol. The van der Waals surface area contributed by atoms with Gasteiger partial charge in [0, 0.05) is 0 Å². The third kappa shape index (κ3) is 4.00. The second kappa shape index (κ2) is 6.44.